The zero-order valence-electron chi connectivity index (χ0n) is 10.2. The molecule has 1 aromatic carbocycles. The summed E-state index contributed by atoms with van der Waals surface area (Å²) in [6, 6.07) is 8.10. The van der Waals surface area contributed by atoms with Crippen molar-refractivity contribution in [3.05, 3.63) is 49.2 Å². The highest BCUT2D eigenvalue weighted by Crippen LogP contribution is 2.30. The maximum Gasteiger partial charge on any atom is 0.224 e. The third-order valence-corrected chi connectivity index (χ3v) is 5.14. The fourth-order valence-corrected chi connectivity index (χ4v) is 3.68. The molecule has 0 radical (unpaired) electrons. The highest BCUT2D eigenvalue weighted by atomic mass is 127. The number of hydrogen-bond donors (Lipinski definition) is 2. The van der Waals surface area contributed by atoms with Gasteiger partial charge in [0.1, 0.15) is 0 Å². The summed E-state index contributed by atoms with van der Waals surface area (Å²) < 4.78 is 1.24. The van der Waals surface area contributed by atoms with E-state index in [1.54, 1.807) is 11.3 Å². The monoisotopic (exact) mass is 384 g/mol. The van der Waals surface area contributed by atoms with Crippen LogP contribution in [0.15, 0.2) is 29.6 Å². The van der Waals surface area contributed by atoms with E-state index in [1.807, 2.05) is 12.1 Å². The van der Waals surface area contributed by atoms with Crippen LogP contribution in [0.5, 0.6) is 0 Å². The minimum atomic E-state index is -0.0947. The van der Waals surface area contributed by atoms with E-state index in [0.29, 0.717) is 6.42 Å². The van der Waals surface area contributed by atoms with Gasteiger partial charge in [0.05, 0.1) is 8.93 Å². The molecule has 1 atom stereocenters. The second-order valence-electron chi connectivity index (χ2n) is 4.63. The predicted molar refractivity (Wildman–Crippen MR) is 86.5 cm³/mol. The molecule has 19 heavy (non-hydrogen) atoms. The molecule has 5 heteroatoms. The van der Waals surface area contributed by atoms with Gasteiger partial charge in [-0.3, -0.25) is 4.79 Å². The highest BCUT2D eigenvalue weighted by Gasteiger charge is 2.17. The summed E-state index contributed by atoms with van der Waals surface area (Å²) in [5, 5.41) is 5.00. The Hall–Kier alpha value is -0.920. The smallest absolute Gasteiger partial charge is 0.224 e. The van der Waals surface area contributed by atoms with Crippen LogP contribution in [0.25, 0.3) is 0 Å². The van der Waals surface area contributed by atoms with Crippen LogP contribution in [-0.2, 0) is 11.2 Å². The molecule has 1 aliphatic rings. The molecule has 2 aromatic rings. The van der Waals surface area contributed by atoms with Crippen molar-refractivity contribution in [1.82, 2.24) is 0 Å². The Balaban J connectivity index is 1.92. The van der Waals surface area contributed by atoms with E-state index in [0.717, 1.165) is 23.2 Å². The SMILES string of the molecule is NC(c1csc(I)c1)c1ccc2c(c1)CCC(=O)N2. The van der Waals surface area contributed by atoms with Gasteiger partial charge in [0.2, 0.25) is 5.91 Å². The molecule has 0 aliphatic carbocycles. The molecule has 3 nitrogen and oxygen atoms in total. The van der Waals surface area contributed by atoms with Gasteiger partial charge in [-0.25, -0.2) is 0 Å². The number of amides is 1. The van der Waals surface area contributed by atoms with Crippen molar-refractivity contribution in [3.63, 3.8) is 0 Å². The Kier molecular flexibility index (Phi) is 3.60. The molecule has 1 aliphatic heterocycles. The van der Waals surface area contributed by atoms with Crippen molar-refractivity contribution >= 4 is 45.5 Å². The lowest BCUT2D eigenvalue weighted by Crippen LogP contribution is -2.20. The number of nitrogens with one attached hydrogen (secondary N) is 1. The molecule has 0 spiro atoms. The van der Waals surface area contributed by atoms with Crippen LogP contribution in [0.4, 0.5) is 5.69 Å². The third-order valence-electron chi connectivity index (χ3n) is 3.33. The summed E-state index contributed by atoms with van der Waals surface area (Å²) in [7, 11) is 0. The zero-order valence-corrected chi connectivity index (χ0v) is 13.1. The number of carbonyl (C=O) groups is 1. The van der Waals surface area contributed by atoms with Gasteiger partial charge < -0.3 is 11.1 Å². The summed E-state index contributed by atoms with van der Waals surface area (Å²) in [6.45, 7) is 0. The number of thiophene rings is 1. The molecule has 3 N–H and O–H groups in total. The summed E-state index contributed by atoms with van der Waals surface area (Å²) >= 11 is 4.01. The molecular formula is C14H13IN2OS. The van der Waals surface area contributed by atoms with Crippen LogP contribution in [0.1, 0.15) is 29.2 Å². The number of fused-ring (bicyclic) bond motifs is 1. The summed E-state index contributed by atoms with van der Waals surface area (Å²) in [5.74, 6) is 0.0944. The molecule has 98 valence electrons. The summed E-state index contributed by atoms with van der Waals surface area (Å²) in [5.41, 5.74) is 10.7. The van der Waals surface area contributed by atoms with Gasteiger partial charge in [-0.15, -0.1) is 11.3 Å². The minimum absolute atomic E-state index is 0.0944. The van der Waals surface area contributed by atoms with Gasteiger partial charge in [0, 0.05) is 12.1 Å². The standard InChI is InChI=1S/C14H13IN2OS/c15-12-6-10(7-19-12)14(16)9-1-3-11-8(5-9)2-4-13(18)17-11/h1,3,5-7,14H,2,4,16H2,(H,17,18). The number of carbonyl (C=O) groups excluding carboxylic acids is 1. The number of nitrogens with two attached hydrogens (primary N) is 1. The molecule has 0 bridgehead atoms. The summed E-state index contributed by atoms with van der Waals surface area (Å²) in [4.78, 5) is 11.3. The fraction of sp³-hybridized carbons (Fsp3) is 0.214. The van der Waals surface area contributed by atoms with Crippen LogP contribution in [0, 0.1) is 2.88 Å². The van der Waals surface area contributed by atoms with Crippen LogP contribution in [0.2, 0.25) is 0 Å². The van der Waals surface area contributed by atoms with E-state index in [1.165, 1.54) is 8.45 Å². The Morgan fingerprint density at radius 3 is 2.84 bits per heavy atom. The van der Waals surface area contributed by atoms with E-state index in [9.17, 15) is 4.79 Å². The van der Waals surface area contributed by atoms with Crippen LogP contribution in [0.3, 0.4) is 0 Å². The van der Waals surface area contributed by atoms with Crippen LogP contribution in [-0.4, -0.2) is 5.91 Å². The molecule has 1 unspecified atom stereocenters. The van der Waals surface area contributed by atoms with Crippen molar-refractivity contribution in [2.45, 2.75) is 18.9 Å². The molecular weight excluding hydrogens is 371 g/mol. The molecule has 2 heterocycles. The van der Waals surface area contributed by atoms with E-state index in [-0.39, 0.29) is 11.9 Å². The summed E-state index contributed by atoms with van der Waals surface area (Å²) in [6.07, 6.45) is 1.35. The lowest BCUT2D eigenvalue weighted by molar-refractivity contribution is -0.116. The Morgan fingerprint density at radius 1 is 1.26 bits per heavy atom. The van der Waals surface area contributed by atoms with E-state index < -0.39 is 0 Å². The molecule has 0 saturated carbocycles. The van der Waals surface area contributed by atoms with Gasteiger partial charge in [-0.05, 0) is 63.2 Å². The number of aryl methyl sites for hydroxylation is 1. The van der Waals surface area contributed by atoms with E-state index >= 15 is 0 Å². The molecule has 0 fully saturated rings. The topological polar surface area (TPSA) is 55.1 Å². The fourth-order valence-electron chi connectivity index (χ4n) is 2.28. The Labute approximate surface area is 129 Å². The third kappa shape index (κ3) is 2.68. The van der Waals surface area contributed by atoms with Crippen molar-refractivity contribution in [2.75, 3.05) is 5.32 Å². The quantitative estimate of drug-likeness (QED) is 0.781. The molecule has 1 aromatic heterocycles. The van der Waals surface area contributed by atoms with Gasteiger partial charge in [-0.2, -0.15) is 0 Å². The first-order valence-corrected chi connectivity index (χ1v) is 8.01. The first-order valence-electron chi connectivity index (χ1n) is 6.05. The van der Waals surface area contributed by atoms with E-state index in [2.05, 4.69) is 45.4 Å². The average Bonchev–Trinajstić information content (AvgIpc) is 2.84. The number of halogens is 1. The maximum absolute atomic E-state index is 11.3. The lowest BCUT2D eigenvalue weighted by atomic mass is 9.95. The number of benzene rings is 1. The van der Waals surface area contributed by atoms with Gasteiger partial charge in [0.25, 0.3) is 0 Å². The lowest BCUT2D eigenvalue weighted by Gasteiger charge is -2.19. The predicted octanol–water partition coefficient (Wildman–Crippen LogP) is 3.29. The minimum Gasteiger partial charge on any atom is -0.326 e. The second kappa shape index (κ2) is 5.22. The average molecular weight is 384 g/mol. The van der Waals surface area contributed by atoms with Crippen molar-refractivity contribution < 1.29 is 4.79 Å². The number of hydrogen-bond acceptors (Lipinski definition) is 3. The zero-order chi connectivity index (χ0) is 13.4. The first-order chi connectivity index (χ1) is 9.13. The van der Waals surface area contributed by atoms with Crippen LogP contribution < -0.4 is 11.1 Å². The molecule has 0 saturated heterocycles. The van der Waals surface area contributed by atoms with Crippen molar-refractivity contribution in [3.8, 4) is 0 Å². The van der Waals surface area contributed by atoms with Crippen molar-refractivity contribution in [1.29, 1.82) is 0 Å². The Bertz CT molecular complexity index is 638. The van der Waals surface area contributed by atoms with E-state index in [4.69, 9.17) is 5.73 Å². The largest absolute Gasteiger partial charge is 0.326 e. The Morgan fingerprint density at radius 2 is 2.11 bits per heavy atom. The first kappa shape index (κ1) is 13.1. The normalized spacial score (nSPS) is 15.8. The number of rotatable bonds is 2. The second-order valence-corrected chi connectivity index (χ2v) is 7.43. The van der Waals surface area contributed by atoms with Gasteiger partial charge in [0.15, 0.2) is 0 Å². The van der Waals surface area contributed by atoms with Crippen LogP contribution >= 0.6 is 33.9 Å². The van der Waals surface area contributed by atoms with Gasteiger partial charge in [-0.1, -0.05) is 12.1 Å². The van der Waals surface area contributed by atoms with Crippen molar-refractivity contribution in [2.24, 2.45) is 5.73 Å². The maximum atomic E-state index is 11.3. The number of anilines is 1. The van der Waals surface area contributed by atoms with Gasteiger partial charge >= 0.3 is 0 Å². The molecule has 1 amide bonds. The molecule has 3 rings (SSSR count). The highest BCUT2D eigenvalue weighted by molar-refractivity contribution is 14.1.